The molecule has 2 aromatic rings. The van der Waals surface area contributed by atoms with Gasteiger partial charge in [-0.3, -0.25) is 0 Å². The Balaban J connectivity index is 1.68. The molecular formula is C31H41NO5. The molecule has 0 spiro atoms. The zero-order valence-electron chi connectivity index (χ0n) is 22.1. The lowest BCUT2D eigenvalue weighted by atomic mass is 9.68. The quantitative estimate of drug-likeness (QED) is 0.307. The summed E-state index contributed by atoms with van der Waals surface area (Å²) in [6.45, 7) is 4.12. The Labute approximate surface area is 220 Å². The molecule has 0 radical (unpaired) electrons. The Kier molecular flexibility index (Phi) is 9.25. The third kappa shape index (κ3) is 6.35. The molecule has 200 valence electrons. The molecule has 0 heterocycles. The Morgan fingerprint density at radius 1 is 0.919 bits per heavy atom. The van der Waals surface area contributed by atoms with Crippen LogP contribution < -0.4 is 5.73 Å². The van der Waals surface area contributed by atoms with Crippen LogP contribution in [0.4, 0.5) is 4.79 Å². The Morgan fingerprint density at radius 3 is 2.08 bits per heavy atom. The van der Waals surface area contributed by atoms with Crippen molar-refractivity contribution in [1.82, 2.24) is 0 Å². The van der Waals surface area contributed by atoms with Gasteiger partial charge in [0.2, 0.25) is 5.60 Å². The molecule has 4 rings (SSSR count). The molecule has 0 aromatic heterocycles. The van der Waals surface area contributed by atoms with Gasteiger partial charge in [0.05, 0.1) is 0 Å². The van der Waals surface area contributed by atoms with E-state index in [0.717, 1.165) is 19.3 Å². The van der Waals surface area contributed by atoms with Gasteiger partial charge in [-0.2, -0.15) is 0 Å². The second-order valence-corrected chi connectivity index (χ2v) is 10.9. The molecule has 6 heteroatoms. The van der Waals surface area contributed by atoms with Gasteiger partial charge in [0.1, 0.15) is 6.10 Å². The number of amides is 1. The molecule has 37 heavy (non-hydrogen) atoms. The van der Waals surface area contributed by atoms with E-state index < -0.39 is 24.5 Å². The largest absolute Gasteiger partial charge is 0.459 e. The van der Waals surface area contributed by atoms with Crippen molar-refractivity contribution >= 4 is 12.1 Å². The number of primary amides is 1. The number of hydrogen-bond donors (Lipinski definition) is 1. The van der Waals surface area contributed by atoms with Crippen molar-refractivity contribution in [3.05, 3.63) is 71.8 Å². The summed E-state index contributed by atoms with van der Waals surface area (Å²) in [5.41, 5.74) is 4.83. The van der Waals surface area contributed by atoms with Crippen molar-refractivity contribution in [3.8, 4) is 0 Å². The molecule has 1 amide bonds. The second-order valence-electron chi connectivity index (χ2n) is 10.9. The first-order chi connectivity index (χ1) is 17.9. The fourth-order valence-electron chi connectivity index (χ4n) is 6.47. The average molecular weight is 508 g/mol. The first-order valence-electron chi connectivity index (χ1n) is 13.8. The van der Waals surface area contributed by atoms with Crippen LogP contribution in [0, 0.1) is 23.7 Å². The highest BCUT2D eigenvalue weighted by molar-refractivity contribution is 5.86. The minimum Gasteiger partial charge on any atom is -0.459 e. The molecule has 6 nitrogen and oxygen atoms in total. The zero-order chi connectivity index (χ0) is 26.3. The molecule has 4 unspecified atom stereocenters. The molecule has 0 aliphatic heterocycles. The van der Waals surface area contributed by atoms with Gasteiger partial charge in [-0.05, 0) is 47.6 Å². The van der Waals surface area contributed by atoms with Crippen molar-refractivity contribution in [2.45, 2.75) is 76.9 Å². The van der Waals surface area contributed by atoms with Crippen LogP contribution in [-0.4, -0.2) is 25.0 Å². The van der Waals surface area contributed by atoms with E-state index in [2.05, 4.69) is 13.8 Å². The number of nitrogens with two attached hydrogens (primary N) is 1. The van der Waals surface area contributed by atoms with E-state index in [-0.39, 0.29) is 6.10 Å². The summed E-state index contributed by atoms with van der Waals surface area (Å²) in [6, 6.07) is 18.5. The van der Waals surface area contributed by atoms with Gasteiger partial charge in [-0.25, -0.2) is 9.59 Å². The number of ether oxygens (including phenoxy) is 3. The summed E-state index contributed by atoms with van der Waals surface area (Å²) in [4.78, 5) is 25.7. The highest BCUT2D eigenvalue weighted by Gasteiger charge is 2.48. The molecule has 2 N–H and O–H groups in total. The minimum absolute atomic E-state index is 0.194. The standard InChI is InChI=1S/C31H41NO5/c1-22-18-19-27(23(2)24-12-6-3-7-13-24)28(20-22)37-29(33)31(36-21-35-30(32)34,25-14-8-4-9-15-25)26-16-10-5-11-17-26/h4-5,8-11,14-17,22-24,27-28H,3,6-7,12-13,18-21H2,1-2H3,(H2,32,34). The smallest absolute Gasteiger partial charge is 0.406 e. The fraction of sp³-hybridized carbons (Fsp3) is 0.548. The molecule has 2 fully saturated rings. The molecule has 0 saturated heterocycles. The number of esters is 1. The molecule has 4 atom stereocenters. The van der Waals surface area contributed by atoms with Gasteiger partial charge in [-0.1, -0.05) is 113 Å². The van der Waals surface area contributed by atoms with E-state index in [0.29, 0.717) is 34.8 Å². The monoisotopic (exact) mass is 507 g/mol. The van der Waals surface area contributed by atoms with Crippen LogP contribution in [0.1, 0.15) is 76.3 Å². The average Bonchev–Trinajstić information content (AvgIpc) is 2.92. The Hall–Kier alpha value is -2.86. The number of hydrogen-bond acceptors (Lipinski definition) is 5. The van der Waals surface area contributed by atoms with E-state index >= 15 is 0 Å². The van der Waals surface area contributed by atoms with Crippen LogP contribution in [0.25, 0.3) is 0 Å². The lowest BCUT2D eigenvalue weighted by Crippen LogP contribution is -2.47. The lowest BCUT2D eigenvalue weighted by Gasteiger charge is -2.43. The molecule has 2 saturated carbocycles. The molecular weight excluding hydrogens is 466 g/mol. The lowest BCUT2D eigenvalue weighted by molar-refractivity contribution is -0.190. The maximum atomic E-state index is 14.3. The number of rotatable bonds is 9. The van der Waals surface area contributed by atoms with E-state index in [9.17, 15) is 9.59 Å². The normalized spacial score (nSPS) is 23.7. The number of carbonyl (C=O) groups is 2. The van der Waals surface area contributed by atoms with Gasteiger partial charge in [0.25, 0.3) is 0 Å². The van der Waals surface area contributed by atoms with Crippen LogP contribution in [0.2, 0.25) is 0 Å². The molecule has 2 aliphatic rings. The van der Waals surface area contributed by atoms with Crippen molar-refractivity contribution in [2.75, 3.05) is 6.79 Å². The predicted molar refractivity (Wildman–Crippen MR) is 142 cm³/mol. The van der Waals surface area contributed by atoms with Crippen LogP contribution >= 0.6 is 0 Å². The maximum absolute atomic E-state index is 14.3. The van der Waals surface area contributed by atoms with Gasteiger partial charge < -0.3 is 19.9 Å². The second kappa shape index (κ2) is 12.6. The summed E-state index contributed by atoms with van der Waals surface area (Å²) in [7, 11) is 0. The highest BCUT2D eigenvalue weighted by atomic mass is 16.7. The molecule has 0 bridgehead atoms. The van der Waals surface area contributed by atoms with Crippen LogP contribution in [0.3, 0.4) is 0 Å². The summed E-state index contributed by atoms with van der Waals surface area (Å²) >= 11 is 0. The SMILES string of the molecule is CC1CCC(C(C)C2CCCCC2)C(OC(=O)C(OCOC(N)=O)(c2ccccc2)c2ccccc2)C1. The predicted octanol–water partition coefficient (Wildman–Crippen LogP) is 6.56. The Morgan fingerprint density at radius 2 is 1.51 bits per heavy atom. The van der Waals surface area contributed by atoms with Crippen LogP contribution in [0.5, 0.6) is 0 Å². The van der Waals surface area contributed by atoms with Crippen molar-refractivity contribution in [1.29, 1.82) is 0 Å². The number of benzene rings is 2. The third-order valence-corrected chi connectivity index (χ3v) is 8.56. The topological polar surface area (TPSA) is 87.8 Å². The van der Waals surface area contributed by atoms with E-state index in [1.54, 1.807) is 0 Å². The number of carbonyl (C=O) groups excluding carboxylic acids is 2. The van der Waals surface area contributed by atoms with E-state index in [4.69, 9.17) is 19.9 Å². The van der Waals surface area contributed by atoms with Gasteiger partial charge >= 0.3 is 12.1 Å². The maximum Gasteiger partial charge on any atom is 0.406 e. The summed E-state index contributed by atoms with van der Waals surface area (Å²) in [5.74, 6) is 1.48. The highest BCUT2D eigenvalue weighted by Crippen LogP contribution is 2.44. The van der Waals surface area contributed by atoms with Crippen molar-refractivity contribution < 1.29 is 23.8 Å². The third-order valence-electron chi connectivity index (χ3n) is 8.56. The van der Waals surface area contributed by atoms with E-state index in [1.165, 1.54) is 32.1 Å². The Bertz CT molecular complexity index is 965. The van der Waals surface area contributed by atoms with Gasteiger partial charge in [-0.15, -0.1) is 0 Å². The van der Waals surface area contributed by atoms with Crippen LogP contribution in [-0.2, 0) is 24.6 Å². The first-order valence-corrected chi connectivity index (χ1v) is 13.8. The van der Waals surface area contributed by atoms with Crippen LogP contribution in [0.15, 0.2) is 60.7 Å². The van der Waals surface area contributed by atoms with Gasteiger partial charge in [0.15, 0.2) is 6.79 Å². The zero-order valence-corrected chi connectivity index (χ0v) is 22.1. The first kappa shape index (κ1) is 27.2. The summed E-state index contributed by atoms with van der Waals surface area (Å²) < 4.78 is 17.6. The summed E-state index contributed by atoms with van der Waals surface area (Å²) in [5, 5.41) is 0. The molecule has 2 aliphatic carbocycles. The van der Waals surface area contributed by atoms with Crippen molar-refractivity contribution in [3.63, 3.8) is 0 Å². The summed E-state index contributed by atoms with van der Waals surface area (Å²) in [6.07, 6.45) is 8.33. The molecule has 2 aromatic carbocycles. The fourth-order valence-corrected chi connectivity index (χ4v) is 6.47. The van der Waals surface area contributed by atoms with Gasteiger partial charge in [0, 0.05) is 0 Å². The van der Waals surface area contributed by atoms with E-state index in [1.807, 2.05) is 60.7 Å². The minimum atomic E-state index is -1.60. The van der Waals surface area contributed by atoms with Crippen molar-refractivity contribution in [2.24, 2.45) is 29.4 Å².